The van der Waals surface area contributed by atoms with Crippen LogP contribution in [-0.4, -0.2) is 66.6 Å². The molecule has 6 rings (SSSR count). The van der Waals surface area contributed by atoms with E-state index >= 15 is 0 Å². The third kappa shape index (κ3) is 7.13. The fourth-order valence-electron chi connectivity index (χ4n) is 5.89. The number of hydrogen-bond acceptors (Lipinski definition) is 9. The van der Waals surface area contributed by atoms with Crippen molar-refractivity contribution in [2.75, 3.05) is 53.2 Å². The largest absolute Gasteiger partial charge is 0.444 e. The molecule has 2 aliphatic rings. The van der Waals surface area contributed by atoms with Gasteiger partial charge in [0.2, 0.25) is 5.91 Å². The van der Waals surface area contributed by atoms with Crippen molar-refractivity contribution >= 4 is 51.6 Å². The molecule has 0 bridgehead atoms. The van der Waals surface area contributed by atoms with Crippen molar-refractivity contribution in [3.05, 3.63) is 84.3 Å². The van der Waals surface area contributed by atoms with Crippen LogP contribution in [-0.2, 0) is 16.1 Å². The molecule has 4 heterocycles. The molecule has 2 aromatic carbocycles. The minimum Gasteiger partial charge on any atom is -0.444 e. The minimum atomic E-state index is -0.719. The van der Waals surface area contributed by atoms with Crippen LogP contribution >= 0.6 is 0 Å². The summed E-state index contributed by atoms with van der Waals surface area (Å²) in [5, 5.41) is 9.23. The second-order valence-electron chi connectivity index (χ2n) is 11.6. The maximum absolute atomic E-state index is 13.9. The second-order valence-corrected chi connectivity index (χ2v) is 11.6. The molecule has 2 aromatic heterocycles. The molecule has 2 fully saturated rings. The van der Waals surface area contributed by atoms with Gasteiger partial charge in [-0.05, 0) is 42.2 Å². The summed E-state index contributed by atoms with van der Waals surface area (Å²) in [7, 11) is 0. The molecule has 4 aromatic rings. The number of anilines is 4. The number of piperidine rings is 1. The van der Waals surface area contributed by atoms with E-state index in [9.17, 15) is 14.4 Å². The molecular formula is C33H36N8O4. The average molecular weight is 609 g/mol. The predicted octanol–water partition coefficient (Wildman–Crippen LogP) is 3.74. The highest BCUT2D eigenvalue weighted by Gasteiger charge is 2.26. The van der Waals surface area contributed by atoms with E-state index in [1.807, 2.05) is 59.5 Å². The van der Waals surface area contributed by atoms with E-state index in [1.54, 1.807) is 18.5 Å². The van der Waals surface area contributed by atoms with Crippen LogP contribution in [0.25, 0.3) is 10.9 Å². The van der Waals surface area contributed by atoms with E-state index in [1.165, 1.54) is 0 Å². The Hall–Kier alpha value is -5.23. The normalized spacial score (nSPS) is 18.3. The molecule has 45 heavy (non-hydrogen) atoms. The fraction of sp³-hybridized carbons (Fsp3) is 0.303. The average Bonchev–Trinajstić information content (AvgIpc) is 3.03. The molecule has 2 atom stereocenters. The standard InChI is InChI=1S/C33H36N8O4/c1-21-13-24(34)18-41(17-21)29-9-10-35-16-28(29)38-32(43)31-27(39-33(44)45-20-22-5-3-2-4-6-22)14-23-7-8-25(15-26(23)37-31)40-12-11-36-30(42)19-40/h2-10,14-16,21,24H,11-13,17-20,34H2,1H3,(H,36,42)(H,38,43)(H,39,44). The zero-order valence-electron chi connectivity index (χ0n) is 25.0. The summed E-state index contributed by atoms with van der Waals surface area (Å²) in [5.41, 5.74) is 10.0. The van der Waals surface area contributed by atoms with Crippen LogP contribution in [0.4, 0.5) is 27.5 Å². The first-order valence-electron chi connectivity index (χ1n) is 15.0. The molecule has 5 N–H and O–H groups in total. The number of rotatable bonds is 7. The highest BCUT2D eigenvalue weighted by Crippen LogP contribution is 2.31. The van der Waals surface area contributed by atoms with Gasteiger partial charge in [-0.15, -0.1) is 0 Å². The van der Waals surface area contributed by atoms with E-state index in [0.29, 0.717) is 42.1 Å². The summed E-state index contributed by atoms with van der Waals surface area (Å²) in [6, 6.07) is 18.5. The van der Waals surface area contributed by atoms with Gasteiger partial charge in [-0.25, -0.2) is 9.78 Å². The van der Waals surface area contributed by atoms with Crippen molar-refractivity contribution in [3.63, 3.8) is 0 Å². The number of carbonyl (C=O) groups excluding carboxylic acids is 3. The molecule has 2 saturated heterocycles. The van der Waals surface area contributed by atoms with E-state index in [4.69, 9.17) is 15.5 Å². The Balaban J connectivity index is 1.31. The van der Waals surface area contributed by atoms with Crippen molar-refractivity contribution in [2.24, 2.45) is 11.7 Å². The van der Waals surface area contributed by atoms with Crippen molar-refractivity contribution in [3.8, 4) is 0 Å². The Bertz CT molecular complexity index is 1710. The molecule has 12 heteroatoms. The maximum atomic E-state index is 13.9. The Morgan fingerprint density at radius 2 is 1.89 bits per heavy atom. The summed E-state index contributed by atoms with van der Waals surface area (Å²) in [6.45, 7) is 5.10. The predicted molar refractivity (Wildman–Crippen MR) is 173 cm³/mol. The molecule has 2 aliphatic heterocycles. The summed E-state index contributed by atoms with van der Waals surface area (Å²) < 4.78 is 5.44. The zero-order chi connectivity index (χ0) is 31.3. The first-order valence-corrected chi connectivity index (χ1v) is 15.0. The van der Waals surface area contributed by atoms with Gasteiger partial charge in [0.1, 0.15) is 6.61 Å². The van der Waals surface area contributed by atoms with Gasteiger partial charge in [-0.2, -0.15) is 0 Å². The van der Waals surface area contributed by atoms with Gasteiger partial charge in [0.05, 0.1) is 35.3 Å². The number of piperazine rings is 1. The quantitative estimate of drug-likeness (QED) is 0.246. The van der Waals surface area contributed by atoms with Crippen molar-refractivity contribution in [1.82, 2.24) is 15.3 Å². The molecule has 0 aliphatic carbocycles. The van der Waals surface area contributed by atoms with Gasteiger partial charge in [-0.1, -0.05) is 43.3 Å². The number of nitrogens with two attached hydrogens (primary N) is 1. The fourth-order valence-corrected chi connectivity index (χ4v) is 5.89. The number of benzene rings is 2. The summed E-state index contributed by atoms with van der Waals surface area (Å²) in [5.74, 6) is -0.189. The summed E-state index contributed by atoms with van der Waals surface area (Å²) in [4.78, 5) is 51.9. The molecule has 0 saturated carbocycles. The number of fused-ring (bicyclic) bond motifs is 1. The first-order chi connectivity index (χ1) is 21.8. The third-order valence-corrected chi connectivity index (χ3v) is 7.95. The van der Waals surface area contributed by atoms with Crippen LogP contribution in [0, 0.1) is 5.92 Å². The van der Waals surface area contributed by atoms with Crippen LogP contribution in [0.15, 0.2) is 73.1 Å². The Kier molecular flexibility index (Phi) is 8.74. The third-order valence-electron chi connectivity index (χ3n) is 7.95. The number of nitrogens with one attached hydrogen (secondary N) is 3. The highest BCUT2D eigenvalue weighted by atomic mass is 16.5. The van der Waals surface area contributed by atoms with Crippen molar-refractivity contribution in [2.45, 2.75) is 26.0 Å². The van der Waals surface area contributed by atoms with Gasteiger partial charge >= 0.3 is 6.09 Å². The number of amides is 3. The van der Waals surface area contributed by atoms with Crippen molar-refractivity contribution in [1.29, 1.82) is 0 Å². The topological polar surface area (TPSA) is 155 Å². The van der Waals surface area contributed by atoms with Gasteiger partial charge < -0.3 is 30.9 Å². The Morgan fingerprint density at radius 1 is 1.04 bits per heavy atom. The van der Waals surface area contributed by atoms with Gasteiger partial charge in [0.15, 0.2) is 5.69 Å². The molecule has 0 spiro atoms. The number of carbonyl (C=O) groups is 3. The summed E-state index contributed by atoms with van der Waals surface area (Å²) >= 11 is 0. The number of hydrogen-bond donors (Lipinski definition) is 4. The monoisotopic (exact) mass is 608 g/mol. The van der Waals surface area contributed by atoms with Gasteiger partial charge in [0, 0.05) is 49.5 Å². The van der Waals surface area contributed by atoms with Gasteiger partial charge in [0.25, 0.3) is 5.91 Å². The SMILES string of the molecule is CC1CC(N)CN(c2ccncc2NC(=O)c2nc3cc(N4CCNC(=O)C4)ccc3cc2NC(=O)OCc2ccccc2)C1. The lowest BCUT2D eigenvalue weighted by Gasteiger charge is -2.37. The molecule has 232 valence electrons. The van der Waals surface area contributed by atoms with Crippen LogP contribution in [0.3, 0.4) is 0 Å². The molecule has 3 amide bonds. The lowest BCUT2D eigenvalue weighted by molar-refractivity contribution is -0.120. The number of ether oxygens (including phenoxy) is 1. The van der Waals surface area contributed by atoms with Crippen LogP contribution in [0.5, 0.6) is 0 Å². The minimum absolute atomic E-state index is 0.00575. The van der Waals surface area contributed by atoms with E-state index in [0.717, 1.165) is 29.9 Å². The number of nitrogens with zero attached hydrogens (tertiary/aromatic N) is 4. The van der Waals surface area contributed by atoms with Crippen LogP contribution < -0.4 is 31.5 Å². The smallest absolute Gasteiger partial charge is 0.412 e. The lowest BCUT2D eigenvalue weighted by atomic mass is 9.96. The van der Waals surface area contributed by atoms with Crippen molar-refractivity contribution < 1.29 is 19.1 Å². The van der Waals surface area contributed by atoms with E-state index in [2.05, 4.69) is 32.8 Å². The Morgan fingerprint density at radius 3 is 2.69 bits per heavy atom. The number of pyridine rings is 2. The second kappa shape index (κ2) is 13.2. The Labute approximate surface area is 261 Å². The van der Waals surface area contributed by atoms with Crippen LogP contribution in [0.2, 0.25) is 0 Å². The van der Waals surface area contributed by atoms with E-state index in [-0.39, 0.29) is 36.5 Å². The zero-order valence-corrected chi connectivity index (χ0v) is 25.0. The molecule has 2 unspecified atom stereocenters. The first kappa shape index (κ1) is 29.8. The van der Waals surface area contributed by atoms with Gasteiger partial charge in [-0.3, -0.25) is 19.9 Å². The maximum Gasteiger partial charge on any atom is 0.412 e. The summed E-state index contributed by atoms with van der Waals surface area (Å²) in [6.07, 6.45) is 3.49. The van der Waals surface area contributed by atoms with Crippen LogP contribution in [0.1, 0.15) is 29.4 Å². The molecular weight excluding hydrogens is 572 g/mol. The molecule has 0 radical (unpaired) electrons. The number of aromatic nitrogens is 2. The lowest BCUT2D eigenvalue weighted by Crippen LogP contribution is -2.47. The highest BCUT2D eigenvalue weighted by molar-refractivity contribution is 6.11. The molecule has 12 nitrogen and oxygen atoms in total. The van der Waals surface area contributed by atoms with E-state index < -0.39 is 12.0 Å².